The molecule has 0 aliphatic heterocycles. The van der Waals surface area contributed by atoms with E-state index in [4.69, 9.17) is 16.3 Å². The lowest BCUT2D eigenvalue weighted by atomic mass is 10.1. The molecular weight excluding hydrogens is 400 g/mol. The first kappa shape index (κ1) is 20.4. The van der Waals surface area contributed by atoms with E-state index < -0.39 is 12.1 Å². The van der Waals surface area contributed by atoms with E-state index >= 15 is 0 Å². The van der Waals surface area contributed by atoms with Crippen LogP contribution in [0.3, 0.4) is 0 Å². The number of thiophene rings is 1. The van der Waals surface area contributed by atoms with Gasteiger partial charge in [-0.1, -0.05) is 30.5 Å². The summed E-state index contributed by atoms with van der Waals surface area (Å²) < 4.78 is 5.32. The number of rotatable bonds is 6. The first-order valence-corrected chi connectivity index (χ1v) is 10.4. The molecule has 1 aromatic carbocycles. The lowest BCUT2D eigenvalue weighted by molar-refractivity contribution is -0.129. The van der Waals surface area contributed by atoms with Gasteiger partial charge < -0.3 is 15.4 Å². The summed E-state index contributed by atoms with van der Waals surface area (Å²) in [5, 5.41) is 7.74. The molecule has 0 unspecified atom stereocenters. The van der Waals surface area contributed by atoms with Crippen LogP contribution in [0.4, 0.5) is 5.69 Å². The second-order valence-corrected chi connectivity index (χ2v) is 8.04. The van der Waals surface area contributed by atoms with Gasteiger partial charge in [-0.3, -0.25) is 9.59 Å². The predicted octanol–water partition coefficient (Wildman–Crippen LogP) is 4.26. The number of carbonyl (C=O) groups is 3. The fourth-order valence-corrected chi connectivity index (χ4v) is 3.85. The maximum atomic E-state index is 12.6. The van der Waals surface area contributed by atoms with Crippen LogP contribution in [0.15, 0.2) is 35.7 Å². The predicted molar refractivity (Wildman–Crippen MR) is 109 cm³/mol. The van der Waals surface area contributed by atoms with Crippen LogP contribution in [-0.2, 0) is 9.53 Å². The number of anilines is 1. The Bertz CT molecular complexity index is 863. The first-order valence-electron chi connectivity index (χ1n) is 9.10. The van der Waals surface area contributed by atoms with E-state index in [0.29, 0.717) is 9.90 Å². The number of hydrogen-bond acceptors (Lipinski definition) is 5. The first-order chi connectivity index (χ1) is 13.4. The molecule has 1 fully saturated rings. The summed E-state index contributed by atoms with van der Waals surface area (Å²) in [7, 11) is 0. The van der Waals surface area contributed by atoms with E-state index in [9.17, 15) is 14.4 Å². The molecule has 8 heteroatoms. The van der Waals surface area contributed by atoms with Gasteiger partial charge in [-0.05, 0) is 49.4 Å². The fraction of sp³-hybridized carbons (Fsp3) is 0.350. The molecule has 1 saturated carbocycles. The van der Waals surface area contributed by atoms with Crippen molar-refractivity contribution < 1.29 is 19.1 Å². The van der Waals surface area contributed by atoms with Crippen molar-refractivity contribution in [3.05, 3.63) is 51.2 Å². The highest BCUT2D eigenvalue weighted by Gasteiger charge is 2.25. The van der Waals surface area contributed by atoms with Crippen molar-refractivity contribution in [2.24, 2.45) is 0 Å². The Morgan fingerprint density at radius 3 is 2.64 bits per heavy atom. The lowest BCUT2D eigenvalue weighted by Crippen LogP contribution is -2.40. The number of amides is 2. The van der Waals surface area contributed by atoms with Crippen LogP contribution >= 0.6 is 22.9 Å². The molecule has 1 aromatic heterocycles. The summed E-state index contributed by atoms with van der Waals surface area (Å²) in [6.45, 7) is 1.53. The third-order valence-corrected chi connectivity index (χ3v) is 5.65. The van der Waals surface area contributed by atoms with Crippen LogP contribution in [0.1, 0.15) is 52.6 Å². The van der Waals surface area contributed by atoms with E-state index in [1.165, 1.54) is 36.5 Å². The second kappa shape index (κ2) is 9.21. The SMILES string of the molecule is C[C@@H](OC(=O)c1ccc(Cl)cc1NC(=O)c1cccs1)C(=O)NC1CCCC1. The fourth-order valence-electron chi connectivity index (χ4n) is 3.06. The van der Waals surface area contributed by atoms with Crippen molar-refractivity contribution in [3.63, 3.8) is 0 Å². The molecule has 6 nitrogen and oxygen atoms in total. The van der Waals surface area contributed by atoms with Crippen LogP contribution in [0, 0.1) is 0 Å². The average molecular weight is 421 g/mol. The van der Waals surface area contributed by atoms with Crippen molar-refractivity contribution >= 4 is 46.4 Å². The quantitative estimate of drug-likeness (QED) is 0.684. The zero-order valence-electron chi connectivity index (χ0n) is 15.4. The highest BCUT2D eigenvalue weighted by Crippen LogP contribution is 2.24. The van der Waals surface area contributed by atoms with Gasteiger partial charge >= 0.3 is 5.97 Å². The number of benzene rings is 1. The lowest BCUT2D eigenvalue weighted by Gasteiger charge is -2.18. The van der Waals surface area contributed by atoms with Gasteiger partial charge in [0.2, 0.25) is 0 Å². The Morgan fingerprint density at radius 1 is 1.21 bits per heavy atom. The Kier molecular flexibility index (Phi) is 6.70. The Balaban J connectivity index is 1.68. The summed E-state index contributed by atoms with van der Waals surface area (Å²) in [5.41, 5.74) is 0.370. The summed E-state index contributed by atoms with van der Waals surface area (Å²) in [5.74, 6) is -1.37. The molecular formula is C20H21ClN2O4S. The summed E-state index contributed by atoms with van der Waals surface area (Å²) in [6.07, 6.45) is 3.14. The summed E-state index contributed by atoms with van der Waals surface area (Å²) >= 11 is 7.30. The van der Waals surface area contributed by atoms with Crippen LogP contribution in [0.2, 0.25) is 5.02 Å². The maximum absolute atomic E-state index is 12.6. The minimum Gasteiger partial charge on any atom is -0.449 e. The van der Waals surface area contributed by atoms with Gasteiger partial charge in [-0.25, -0.2) is 4.79 Å². The third kappa shape index (κ3) is 5.11. The van der Waals surface area contributed by atoms with Gasteiger partial charge in [0.1, 0.15) is 0 Å². The topological polar surface area (TPSA) is 84.5 Å². The van der Waals surface area contributed by atoms with E-state index in [-0.39, 0.29) is 29.1 Å². The van der Waals surface area contributed by atoms with Crippen LogP contribution in [0.25, 0.3) is 0 Å². The van der Waals surface area contributed by atoms with Gasteiger partial charge in [-0.2, -0.15) is 0 Å². The van der Waals surface area contributed by atoms with E-state index in [1.807, 2.05) is 0 Å². The highest BCUT2D eigenvalue weighted by atomic mass is 35.5. The van der Waals surface area contributed by atoms with Gasteiger partial charge in [0.05, 0.1) is 16.1 Å². The van der Waals surface area contributed by atoms with Gasteiger partial charge in [0, 0.05) is 11.1 Å². The third-order valence-electron chi connectivity index (χ3n) is 4.55. The van der Waals surface area contributed by atoms with Gasteiger partial charge in [0.25, 0.3) is 11.8 Å². The smallest absolute Gasteiger partial charge is 0.341 e. The molecule has 0 bridgehead atoms. The van der Waals surface area contributed by atoms with Crippen molar-refractivity contribution in [1.82, 2.24) is 5.32 Å². The number of carbonyl (C=O) groups excluding carboxylic acids is 3. The molecule has 2 N–H and O–H groups in total. The van der Waals surface area contributed by atoms with Gasteiger partial charge in [-0.15, -0.1) is 11.3 Å². The number of ether oxygens (including phenoxy) is 1. The number of halogens is 1. The molecule has 2 amide bonds. The Morgan fingerprint density at radius 2 is 1.96 bits per heavy atom. The molecule has 0 spiro atoms. The Hall–Kier alpha value is -2.38. The van der Waals surface area contributed by atoms with Crippen LogP contribution in [0.5, 0.6) is 0 Å². The minimum absolute atomic E-state index is 0.134. The van der Waals surface area contributed by atoms with Crippen LogP contribution < -0.4 is 10.6 Å². The van der Waals surface area contributed by atoms with Crippen molar-refractivity contribution in [2.45, 2.75) is 44.8 Å². The summed E-state index contributed by atoms with van der Waals surface area (Å²) in [4.78, 5) is 37.7. The standard InChI is InChI=1S/C20H21ClN2O4S/c1-12(18(24)22-14-5-2-3-6-14)27-20(26)15-9-8-13(21)11-16(15)23-19(25)17-7-4-10-28-17/h4,7-12,14H,2-3,5-6H2,1H3,(H,22,24)(H,23,25)/t12-/m1/s1. The highest BCUT2D eigenvalue weighted by molar-refractivity contribution is 7.12. The number of esters is 1. The van der Waals surface area contributed by atoms with Crippen molar-refractivity contribution in [3.8, 4) is 0 Å². The average Bonchev–Trinajstić information content (AvgIpc) is 3.35. The van der Waals surface area contributed by atoms with Crippen molar-refractivity contribution in [1.29, 1.82) is 0 Å². The molecule has 1 atom stereocenters. The normalized spacial score (nSPS) is 15.1. The van der Waals surface area contributed by atoms with Crippen LogP contribution in [-0.4, -0.2) is 29.9 Å². The molecule has 148 valence electrons. The second-order valence-electron chi connectivity index (χ2n) is 6.66. The van der Waals surface area contributed by atoms with Crippen molar-refractivity contribution in [2.75, 3.05) is 5.32 Å². The molecule has 28 heavy (non-hydrogen) atoms. The molecule has 0 radical (unpaired) electrons. The largest absolute Gasteiger partial charge is 0.449 e. The number of nitrogens with one attached hydrogen (secondary N) is 2. The number of hydrogen-bond donors (Lipinski definition) is 2. The van der Waals surface area contributed by atoms with Gasteiger partial charge in [0.15, 0.2) is 6.10 Å². The minimum atomic E-state index is -0.940. The molecule has 1 aliphatic carbocycles. The molecule has 1 aliphatic rings. The molecule has 0 saturated heterocycles. The molecule has 3 rings (SSSR count). The van der Waals surface area contributed by atoms with E-state index in [2.05, 4.69) is 10.6 Å². The summed E-state index contributed by atoms with van der Waals surface area (Å²) in [6, 6.07) is 8.06. The maximum Gasteiger partial charge on any atom is 0.341 e. The van der Waals surface area contributed by atoms with E-state index in [0.717, 1.165) is 25.7 Å². The Labute approximate surface area is 172 Å². The zero-order valence-corrected chi connectivity index (χ0v) is 16.9. The monoisotopic (exact) mass is 420 g/mol. The van der Waals surface area contributed by atoms with E-state index in [1.54, 1.807) is 17.5 Å². The molecule has 2 aromatic rings. The molecule has 1 heterocycles. The zero-order chi connectivity index (χ0) is 20.1.